The van der Waals surface area contributed by atoms with E-state index in [0.29, 0.717) is 5.69 Å². The number of para-hydroxylation sites is 1. The van der Waals surface area contributed by atoms with Crippen molar-refractivity contribution in [3.05, 3.63) is 58.4 Å². The molecule has 2 aromatic carbocycles. The highest BCUT2D eigenvalue weighted by atomic mass is 35.5. The molecule has 0 atom stereocenters. The summed E-state index contributed by atoms with van der Waals surface area (Å²) in [5.74, 6) is -0.576. The van der Waals surface area contributed by atoms with Gasteiger partial charge in [-0.15, -0.1) is 0 Å². The summed E-state index contributed by atoms with van der Waals surface area (Å²) < 4.78 is 13.6. The van der Waals surface area contributed by atoms with Crippen LogP contribution in [0.5, 0.6) is 0 Å². The molecule has 3 nitrogen and oxygen atoms in total. The number of halogens is 2. The van der Waals surface area contributed by atoms with Crippen LogP contribution in [0.1, 0.15) is 11.1 Å². The Morgan fingerprint density at radius 2 is 1.75 bits per heavy atom. The van der Waals surface area contributed by atoms with Crippen LogP contribution in [0.25, 0.3) is 0 Å². The molecule has 0 saturated carbocycles. The molecular formula is C15H14ClFN2O. The molecular weight excluding hydrogens is 279 g/mol. The lowest BCUT2D eigenvalue weighted by Crippen LogP contribution is -2.20. The van der Waals surface area contributed by atoms with E-state index in [1.807, 2.05) is 32.0 Å². The minimum atomic E-state index is -0.576. The van der Waals surface area contributed by atoms with E-state index in [4.69, 9.17) is 11.6 Å². The summed E-state index contributed by atoms with van der Waals surface area (Å²) in [4.78, 5) is 11.9. The zero-order chi connectivity index (χ0) is 14.7. The van der Waals surface area contributed by atoms with Gasteiger partial charge in [0, 0.05) is 5.69 Å². The summed E-state index contributed by atoms with van der Waals surface area (Å²) in [5, 5.41) is 5.21. The maximum Gasteiger partial charge on any atom is 0.323 e. The highest BCUT2D eigenvalue weighted by Gasteiger charge is 2.10. The standard InChI is InChI=1S/C15H14ClFN2O/c1-9-6-10(2)8-11(7-9)18-15(20)19-14-12(16)4-3-5-13(14)17/h3-8H,1-2H3,(H2,18,19,20). The lowest BCUT2D eigenvalue weighted by Gasteiger charge is -2.11. The number of hydrogen-bond acceptors (Lipinski definition) is 1. The topological polar surface area (TPSA) is 41.1 Å². The molecule has 0 heterocycles. The number of hydrogen-bond donors (Lipinski definition) is 2. The average molecular weight is 293 g/mol. The fraction of sp³-hybridized carbons (Fsp3) is 0.133. The second-order valence-corrected chi connectivity index (χ2v) is 4.96. The average Bonchev–Trinajstić information content (AvgIpc) is 2.32. The summed E-state index contributed by atoms with van der Waals surface area (Å²) >= 11 is 5.84. The summed E-state index contributed by atoms with van der Waals surface area (Å²) in [6.45, 7) is 3.87. The third-order valence-electron chi connectivity index (χ3n) is 2.68. The van der Waals surface area contributed by atoms with E-state index in [-0.39, 0.29) is 10.7 Å². The van der Waals surface area contributed by atoms with E-state index in [2.05, 4.69) is 10.6 Å². The molecule has 0 aliphatic carbocycles. The third-order valence-corrected chi connectivity index (χ3v) is 3.00. The summed E-state index contributed by atoms with van der Waals surface area (Å²) in [6, 6.07) is 9.34. The van der Waals surface area contributed by atoms with Crippen molar-refractivity contribution < 1.29 is 9.18 Å². The van der Waals surface area contributed by atoms with Gasteiger partial charge in [-0.25, -0.2) is 9.18 Å². The van der Waals surface area contributed by atoms with Gasteiger partial charge in [0.15, 0.2) is 0 Å². The van der Waals surface area contributed by atoms with E-state index >= 15 is 0 Å². The second kappa shape index (κ2) is 5.92. The van der Waals surface area contributed by atoms with Gasteiger partial charge < -0.3 is 10.6 Å². The fourth-order valence-corrected chi connectivity index (χ4v) is 2.15. The molecule has 2 N–H and O–H groups in total. The van der Waals surface area contributed by atoms with Crippen LogP contribution in [0.3, 0.4) is 0 Å². The van der Waals surface area contributed by atoms with Gasteiger partial charge in [0.05, 0.1) is 10.7 Å². The quantitative estimate of drug-likeness (QED) is 0.824. The maximum atomic E-state index is 13.6. The minimum Gasteiger partial charge on any atom is -0.308 e. The Bertz CT molecular complexity index is 618. The summed E-state index contributed by atoms with van der Waals surface area (Å²) in [5.41, 5.74) is 2.68. The van der Waals surface area contributed by atoms with Gasteiger partial charge in [0.25, 0.3) is 0 Å². The number of amides is 2. The largest absolute Gasteiger partial charge is 0.323 e. The minimum absolute atomic E-state index is 0.0314. The maximum absolute atomic E-state index is 13.6. The van der Waals surface area contributed by atoms with Crippen LogP contribution in [0.2, 0.25) is 5.02 Å². The van der Waals surface area contributed by atoms with Crippen molar-refractivity contribution >= 4 is 29.0 Å². The predicted molar refractivity (Wildman–Crippen MR) is 80.0 cm³/mol. The molecule has 0 unspecified atom stereocenters. The number of benzene rings is 2. The fourth-order valence-electron chi connectivity index (χ4n) is 1.94. The van der Waals surface area contributed by atoms with Gasteiger partial charge >= 0.3 is 6.03 Å². The van der Waals surface area contributed by atoms with Gasteiger partial charge in [-0.05, 0) is 49.2 Å². The molecule has 0 radical (unpaired) electrons. The second-order valence-electron chi connectivity index (χ2n) is 4.55. The van der Waals surface area contributed by atoms with Crippen molar-refractivity contribution in [3.8, 4) is 0 Å². The number of rotatable bonds is 2. The molecule has 0 aliphatic heterocycles. The Kier molecular flexibility index (Phi) is 4.25. The lowest BCUT2D eigenvalue weighted by atomic mass is 10.1. The monoisotopic (exact) mass is 292 g/mol. The molecule has 0 spiro atoms. The van der Waals surface area contributed by atoms with Crippen LogP contribution in [0.15, 0.2) is 36.4 Å². The molecule has 104 valence electrons. The summed E-state index contributed by atoms with van der Waals surface area (Å²) in [6.07, 6.45) is 0. The van der Waals surface area contributed by atoms with Crippen LogP contribution in [0, 0.1) is 19.7 Å². The lowest BCUT2D eigenvalue weighted by molar-refractivity contribution is 0.262. The first-order valence-corrected chi connectivity index (χ1v) is 6.44. The van der Waals surface area contributed by atoms with Crippen molar-refractivity contribution in [1.82, 2.24) is 0 Å². The van der Waals surface area contributed by atoms with Gasteiger partial charge in [0.1, 0.15) is 5.82 Å². The molecule has 20 heavy (non-hydrogen) atoms. The normalized spacial score (nSPS) is 10.2. The first-order valence-electron chi connectivity index (χ1n) is 6.06. The molecule has 0 fully saturated rings. The molecule has 0 aromatic heterocycles. The van der Waals surface area contributed by atoms with Crippen molar-refractivity contribution in [2.75, 3.05) is 10.6 Å². The number of carbonyl (C=O) groups is 1. The van der Waals surface area contributed by atoms with Crippen LogP contribution in [0.4, 0.5) is 20.6 Å². The number of nitrogens with one attached hydrogen (secondary N) is 2. The zero-order valence-electron chi connectivity index (χ0n) is 11.1. The van der Waals surface area contributed by atoms with Crippen LogP contribution in [-0.4, -0.2) is 6.03 Å². The molecule has 0 saturated heterocycles. The molecule has 5 heteroatoms. The third kappa shape index (κ3) is 3.48. The Balaban J connectivity index is 2.13. The SMILES string of the molecule is Cc1cc(C)cc(NC(=O)Nc2c(F)cccc2Cl)c1. The first kappa shape index (κ1) is 14.3. The Morgan fingerprint density at radius 3 is 2.35 bits per heavy atom. The van der Waals surface area contributed by atoms with E-state index < -0.39 is 11.8 Å². The number of aryl methyl sites for hydroxylation is 2. The number of anilines is 2. The van der Waals surface area contributed by atoms with E-state index in [1.165, 1.54) is 18.2 Å². The zero-order valence-corrected chi connectivity index (χ0v) is 11.9. The van der Waals surface area contributed by atoms with Crippen LogP contribution < -0.4 is 10.6 Å². The first-order chi connectivity index (χ1) is 9.45. The Labute approximate surface area is 121 Å². The van der Waals surface area contributed by atoms with Crippen LogP contribution in [-0.2, 0) is 0 Å². The van der Waals surface area contributed by atoms with E-state index in [9.17, 15) is 9.18 Å². The molecule has 0 bridgehead atoms. The van der Waals surface area contributed by atoms with Crippen molar-refractivity contribution in [2.24, 2.45) is 0 Å². The van der Waals surface area contributed by atoms with Crippen molar-refractivity contribution in [2.45, 2.75) is 13.8 Å². The molecule has 0 aliphatic rings. The highest BCUT2D eigenvalue weighted by molar-refractivity contribution is 6.33. The van der Waals surface area contributed by atoms with Gasteiger partial charge in [-0.1, -0.05) is 23.7 Å². The molecule has 2 amide bonds. The predicted octanol–water partition coefficient (Wildman–Crippen LogP) is 4.74. The van der Waals surface area contributed by atoms with Crippen LogP contribution >= 0.6 is 11.6 Å². The Hall–Kier alpha value is -2.07. The number of urea groups is 1. The van der Waals surface area contributed by atoms with E-state index in [1.54, 1.807) is 0 Å². The summed E-state index contributed by atoms with van der Waals surface area (Å²) in [7, 11) is 0. The highest BCUT2D eigenvalue weighted by Crippen LogP contribution is 2.24. The van der Waals surface area contributed by atoms with E-state index in [0.717, 1.165) is 11.1 Å². The van der Waals surface area contributed by atoms with Crippen molar-refractivity contribution in [1.29, 1.82) is 0 Å². The van der Waals surface area contributed by atoms with Gasteiger partial charge in [-0.3, -0.25) is 0 Å². The molecule has 2 rings (SSSR count). The Morgan fingerprint density at radius 1 is 1.10 bits per heavy atom. The number of carbonyl (C=O) groups excluding carboxylic acids is 1. The van der Waals surface area contributed by atoms with Crippen molar-refractivity contribution in [3.63, 3.8) is 0 Å². The van der Waals surface area contributed by atoms with Gasteiger partial charge in [-0.2, -0.15) is 0 Å². The molecule has 2 aromatic rings. The smallest absolute Gasteiger partial charge is 0.308 e. The van der Waals surface area contributed by atoms with Gasteiger partial charge in [0.2, 0.25) is 0 Å².